The van der Waals surface area contributed by atoms with E-state index in [4.69, 9.17) is 0 Å². The van der Waals surface area contributed by atoms with Gasteiger partial charge in [0.25, 0.3) is 6.20 Å². The van der Waals surface area contributed by atoms with Gasteiger partial charge in [0, 0.05) is 5.75 Å². The third-order valence-electron chi connectivity index (χ3n) is 0.984. The van der Waals surface area contributed by atoms with Crippen LogP contribution >= 0.6 is 11.8 Å². The van der Waals surface area contributed by atoms with E-state index in [0.29, 0.717) is 15.7 Å². The van der Waals surface area contributed by atoms with Crippen molar-refractivity contribution in [3.05, 3.63) is 20.6 Å². The van der Waals surface area contributed by atoms with Gasteiger partial charge < -0.3 is 0 Å². The molecule has 0 radical (unpaired) electrons. The zero-order valence-electron chi connectivity index (χ0n) is 6.98. The SMILES string of the molecule is CCSC(=C[N+](=O)[O-])S(=O)CC. The highest BCUT2D eigenvalue weighted by atomic mass is 32.2. The van der Waals surface area contributed by atoms with Gasteiger partial charge in [-0.1, -0.05) is 13.8 Å². The number of thioether (sulfide) groups is 1. The fourth-order valence-corrected chi connectivity index (χ4v) is 2.70. The Morgan fingerprint density at radius 3 is 2.58 bits per heavy atom. The van der Waals surface area contributed by atoms with Crippen molar-refractivity contribution in [2.75, 3.05) is 11.5 Å². The summed E-state index contributed by atoms with van der Waals surface area (Å²) >= 11 is 1.26. The lowest BCUT2D eigenvalue weighted by Crippen LogP contribution is -1.98. The molecule has 70 valence electrons. The summed E-state index contributed by atoms with van der Waals surface area (Å²) in [5.74, 6) is 1.12. The molecule has 6 heteroatoms. The van der Waals surface area contributed by atoms with Crippen LogP contribution in [-0.2, 0) is 10.8 Å². The second-order valence-corrected chi connectivity index (χ2v) is 5.07. The van der Waals surface area contributed by atoms with Crippen LogP contribution in [0.5, 0.6) is 0 Å². The third-order valence-corrected chi connectivity index (χ3v) is 3.65. The minimum absolute atomic E-state index is 0.352. The van der Waals surface area contributed by atoms with Gasteiger partial charge in [-0.2, -0.15) is 0 Å². The van der Waals surface area contributed by atoms with E-state index < -0.39 is 15.7 Å². The summed E-state index contributed by atoms with van der Waals surface area (Å²) in [4.78, 5) is 9.52. The quantitative estimate of drug-likeness (QED) is 0.509. The first-order valence-corrected chi connectivity index (χ1v) is 5.78. The van der Waals surface area contributed by atoms with E-state index >= 15 is 0 Å². The van der Waals surface area contributed by atoms with Crippen molar-refractivity contribution >= 4 is 22.6 Å². The Labute approximate surface area is 78.0 Å². The standard InChI is InChI=1S/C6H11NO3S2/c1-3-11-6(5-7(8)9)12(10)4-2/h5H,3-4H2,1-2H3. The maximum Gasteiger partial charge on any atom is 0.256 e. The van der Waals surface area contributed by atoms with Crippen LogP contribution in [0.2, 0.25) is 0 Å². The van der Waals surface area contributed by atoms with Crippen molar-refractivity contribution in [2.24, 2.45) is 0 Å². The monoisotopic (exact) mass is 209 g/mol. The summed E-state index contributed by atoms with van der Waals surface area (Å²) in [6.07, 6.45) is 0.827. The first-order chi connectivity index (χ1) is 5.61. The van der Waals surface area contributed by atoms with Crippen molar-refractivity contribution in [3.63, 3.8) is 0 Å². The Bertz CT molecular complexity index is 215. The van der Waals surface area contributed by atoms with Crippen molar-refractivity contribution in [1.82, 2.24) is 0 Å². The van der Waals surface area contributed by atoms with Crippen LogP contribution < -0.4 is 0 Å². The van der Waals surface area contributed by atoms with Gasteiger partial charge in [-0.3, -0.25) is 14.3 Å². The smallest absolute Gasteiger partial charge is 0.256 e. The Balaban J connectivity index is 4.42. The molecular weight excluding hydrogens is 198 g/mol. The molecule has 1 unspecified atom stereocenters. The van der Waals surface area contributed by atoms with Crippen LogP contribution in [-0.4, -0.2) is 20.6 Å². The van der Waals surface area contributed by atoms with Crippen LogP contribution in [0, 0.1) is 10.1 Å². The molecule has 0 aromatic rings. The summed E-state index contributed by atoms with van der Waals surface area (Å²) in [7, 11) is -1.20. The Morgan fingerprint density at radius 1 is 1.67 bits per heavy atom. The molecule has 0 spiro atoms. The molecule has 12 heavy (non-hydrogen) atoms. The summed E-state index contributed by atoms with van der Waals surface area (Å²) in [5, 5.41) is 10.1. The van der Waals surface area contributed by atoms with Gasteiger partial charge in [-0.25, -0.2) is 0 Å². The predicted molar refractivity (Wildman–Crippen MR) is 51.9 cm³/mol. The number of rotatable bonds is 5. The Morgan fingerprint density at radius 2 is 2.25 bits per heavy atom. The van der Waals surface area contributed by atoms with E-state index in [2.05, 4.69) is 0 Å². The zero-order chi connectivity index (χ0) is 9.56. The molecule has 4 nitrogen and oxygen atoms in total. The summed E-state index contributed by atoms with van der Waals surface area (Å²) in [6, 6.07) is 0. The third kappa shape index (κ3) is 4.50. The van der Waals surface area contributed by atoms with Crippen LogP contribution in [0.15, 0.2) is 10.4 Å². The maximum absolute atomic E-state index is 11.2. The van der Waals surface area contributed by atoms with Gasteiger partial charge in [-0.05, 0) is 5.75 Å². The topological polar surface area (TPSA) is 60.2 Å². The second-order valence-electron chi connectivity index (χ2n) is 1.80. The highest BCUT2D eigenvalue weighted by Crippen LogP contribution is 2.18. The molecule has 0 N–H and O–H groups in total. The molecule has 0 saturated carbocycles. The van der Waals surface area contributed by atoms with Gasteiger partial charge in [0.2, 0.25) is 0 Å². The molecule has 0 rings (SSSR count). The van der Waals surface area contributed by atoms with E-state index in [1.165, 1.54) is 11.8 Å². The first kappa shape index (κ1) is 11.6. The first-order valence-electron chi connectivity index (χ1n) is 3.48. The molecule has 0 bridgehead atoms. The average Bonchev–Trinajstić information content (AvgIpc) is 2.01. The molecule has 1 atom stereocenters. The number of nitro groups is 1. The second kappa shape index (κ2) is 6.19. The molecular formula is C6H11NO3S2. The van der Waals surface area contributed by atoms with Crippen molar-refractivity contribution < 1.29 is 9.13 Å². The van der Waals surface area contributed by atoms with Gasteiger partial charge in [-0.15, -0.1) is 11.8 Å². The normalized spacial score (nSPS) is 14.3. The van der Waals surface area contributed by atoms with Gasteiger partial charge in [0.15, 0.2) is 0 Å². The minimum Gasteiger partial charge on any atom is -0.259 e. The van der Waals surface area contributed by atoms with E-state index in [1.807, 2.05) is 6.92 Å². The summed E-state index contributed by atoms with van der Waals surface area (Å²) < 4.78 is 11.5. The highest BCUT2D eigenvalue weighted by molar-refractivity contribution is 8.16. The molecule has 0 aliphatic rings. The zero-order valence-corrected chi connectivity index (χ0v) is 8.61. The number of hydrogen-bond donors (Lipinski definition) is 0. The van der Waals surface area contributed by atoms with Crippen LogP contribution in [0.3, 0.4) is 0 Å². The molecule has 0 saturated heterocycles. The largest absolute Gasteiger partial charge is 0.259 e. The molecule has 0 aromatic carbocycles. The Hall–Kier alpha value is -0.360. The van der Waals surface area contributed by atoms with E-state index in [-0.39, 0.29) is 0 Å². The molecule has 0 aromatic heterocycles. The molecule has 0 amide bonds. The van der Waals surface area contributed by atoms with Crippen LogP contribution in [0.4, 0.5) is 0 Å². The lowest BCUT2D eigenvalue weighted by atomic mass is 11.0. The van der Waals surface area contributed by atoms with Crippen LogP contribution in [0.1, 0.15) is 13.8 Å². The van der Waals surface area contributed by atoms with E-state index in [9.17, 15) is 14.3 Å². The van der Waals surface area contributed by atoms with Gasteiger partial charge >= 0.3 is 0 Å². The fraction of sp³-hybridized carbons (Fsp3) is 0.667. The molecule has 0 fully saturated rings. The van der Waals surface area contributed by atoms with Crippen molar-refractivity contribution in [1.29, 1.82) is 0 Å². The summed E-state index contributed by atoms with van der Waals surface area (Å²) in [5.41, 5.74) is 0. The fourth-order valence-electron chi connectivity index (χ4n) is 0.532. The molecule has 0 heterocycles. The van der Waals surface area contributed by atoms with E-state index in [0.717, 1.165) is 6.20 Å². The maximum atomic E-state index is 11.2. The van der Waals surface area contributed by atoms with E-state index in [1.54, 1.807) is 6.92 Å². The van der Waals surface area contributed by atoms with Crippen molar-refractivity contribution in [2.45, 2.75) is 13.8 Å². The lowest BCUT2D eigenvalue weighted by molar-refractivity contribution is -0.402. The average molecular weight is 209 g/mol. The predicted octanol–water partition coefficient (Wildman–Crippen LogP) is 1.58. The van der Waals surface area contributed by atoms with Crippen molar-refractivity contribution in [3.8, 4) is 0 Å². The molecule has 0 aliphatic heterocycles. The minimum atomic E-state index is -1.20. The Kier molecular flexibility index (Phi) is 6.00. The number of nitrogens with zero attached hydrogens (tertiary/aromatic N) is 1. The van der Waals surface area contributed by atoms with Gasteiger partial charge in [0.1, 0.15) is 4.24 Å². The van der Waals surface area contributed by atoms with Gasteiger partial charge in [0.05, 0.1) is 15.7 Å². The van der Waals surface area contributed by atoms with Crippen LogP contribution in [0.25, 0.3) is 0 Å². The highest BCUT2D eigenvalue weighted by Gasteiger charge is 2.09. The molecule has 0 aliphatic carbocycles. The number of hydrogen-bond acceptors (Lipinski definition) is 4. The lowest BCUT2D eigenvalue weighted by Gasteiger charge is -1.98. The summed E-state index contributed by atoms with van der Waals surface area (Å²) in [6.45, 7) is 3.60.